The Morgan fingerprint density at radius 3 is 2.38 bits per heavy atom. The number of nitrogens with two attached hydrogens (primary N) is 2. The van der Waals surface area contributed by atoms with E-state index >= 15 is 0 Å². The lowest BCUT2D eigenvalue weighted by Gasteiger charge is -2.08. The first-order chi connectivity index (χ1) is 12.5. The third-order valence-electron chi connectivity index (χ3n) is 3.57. The number of ether oxygens (including phenoxy) is 1. The number of nitrogens with zero attached hydrogens (tertiary/aromatic N) is 1. The van der Waals surface area contributed by atoms with E-state index in [-0.39, 0.29) is 17.2 Å². The number of nitrogens with one attached hydrogen (secondary N) is 1. The highest BCUT2D eigenvalue weighted by molar-refractivity contribution is 7.09. The Morgan fingerprint density at radius 2 is 1.77 bits per heavy atom. The predicted molar refractivity (Wildman–Crippen MR) is 101 cm³/mol. The molecule has 0 bridgehead atoms. The molecule has 2 aromatic carbocycles. The summed E-state index contributed by atoms with van der Waals surface area (Å²) in [5.41, 5.74) is 14.1. The van der Waals surface area contributed by atoms with Crippen molar-refractivity contribution in [2.75, 3.05) is 11.1 Å². The van der Waals surface area contributed by atoms with Gasteiger partial charge in [-0.1, -0.05) is 42.5 Å². The summed E-state index contributed by atoms with van der Waals surface area (Å²) in [6, 6.07) is 16.3. The number of carbonyl (C=O) groups excluding carboxylic acids is 2. The molecular formula is C18H16N4O3S. The highest BCUT2D eigenvalue weighted by Crippen LogP contribution is 2.31. The molecule has 0 fully saturated rings. The second-order valence-electron chi connectivity index (χ2n) is 5.40. The van der Waals surface area contributed by atoms with Crippen molar-refractivity contribution in [3.05, 3.63) is 65.0 Å². The Kier molecular flexibility index (Phi) is 5.14. The molecule has 26 heavy (non-hydrogen) atoms. The highest BCUT2D eigenvalue weighted by atomic mass is 32.1. The summed E-state index contributed by atoms with van der Waals surface area (Å²) in [5.74, 6) is -0.606. The van der Waals surface area contributed by atoms with Crippen LogP contribution < -0.4 is 16.8 Å². The summed E-state index contributed by atoms with van der Waals surface area (Å²) in [6.07, 6.45) is -0.550. The van der Waals surface area contributed by atoms with Gasteiger partial charge >= 0.3 is 6.09 Å². The van der Waals surface area contributed by atoms with Crippen LogP contribution in [-0.2, 0) is 11.3 Å². The summed E-state index contributed by atoms with van der Waals surface area (Å²) in [7, 11) is 0. The van der Waals surface area contributed by atoms with E-state index in [1.165, 1.54) is 0 Å². The van der Waals surface area contributed by atoms with Crippen molar-refractivity contribution in [1.82, 2.24) is 4.37 Å². The monoisotopic (exact) mass is 368 g/mol. The maximum Gasteiger partial charge on any atom is 0.411 e. The van der Waals surface area contributed by atoms with Crippen LogP contribution in [0.5, 0.6) is 0 Å². The van der Waals surface area contributed by atoms with Crippen LogP contribution in [0.1, 0.15) is 15.2 Å². The van der Waals surface area contributed by atoms with Gasteiger partial charge in [-0.2, -0.15) is 4.37 Å². The van der Waals surface area contributed by atoms with Crippen LogP contribution in [0.2, 0.25) is 0 Å². The van der Waals surface area contributed by atoms with Gasteiger partial charge in [0.1, 0.15) is 17.2 Å². The summed E-state index contributed by atoms with van der Waals surface area (Å²) in [5, 5.41) is 2.64. The van der Waals surface area contributed by atoms with Gasteiger partial charge in [0.15, 0.2) is 0 Å². The Balaban J connectivity index is 1.62. The van der Waals surface area contributed by atoms with Crippen molar-refractivity contribution in [2.24, 2.45) is 5.73 Å². The molecule has 1 aromatic heterocycles. The smallest absolute Gasteiger partial charge is 0.411 e. The fourth-order valence-electron chi connectivity index (χ4n) is 2.27. The van der Waals surface area contributed by atoms with Crippen molar-refractivity contribution in [1.29, 1.82) is 0 Å². The standard InChI is InChI=1S/C18H16N4O3S/c19-14-15(22-26-16(14)17(20)23)12-6-8-13(9-7-12)21-18(24)25-10-11-4-2-1-3-5-11/h1-9H,10,19H2,(H2,20,23)(H,21,24). The number of hydrogen-bond donors (Lipinski definition) is 3. The van der Waals surface area contributed by atoms with E-state index in [4.69, 9.17) is 16.2 Å². The fraction of sp³-hybridized carbons (Fsp3) is 0.0556. The van der Waals surface area contributed by atoms with Crippen LogP contribution in [0.4, 0.5) is 16.2 Å². The van der Waals surface area contributed by atoms with Gasteiger partial charge in [0, 0.05) is 11.3 Å². The van der Waals surface area contributed by atoms with Crippen LogP contribution in [0.15, 0.2) is 54.6 Å². The Bertz CT molecular complexity index is 923. The zero-order valence-corrected chi connectivity index (χ0v) is 14.5. The van der Waals surface area contributed by atoms with Crippen molar-refractivity contribution in [2.45, 2.75) is 6.61 Å². The molecule has 0 saturated carbocycles. The lowest BCUT2D eigenvalue weighted by molar-refractivity contribution is 0.100. The van der Waals surface area contributed by atoms with Gasteiger partial charge in [-0.05, 0) is 29.2 Å². The molecule has 2 amide bonds. The van der Waals surface area contributed by atoms with E-state index in [0.717, 1.165) is 22.7 Å². The lowest BCUT2D eigenvalue weighted by atomic mass is 10.1. The summed E-state index contributed by atoms with van der Waals surface area (Å²) in [4.78, 5) is 23.3. The number of carbonyl (C=O) groups is 2. The lowest BCUT2D eigenvalue weighted by Crippen LogP contribution is -2.13. The van der Waals surface area contributed by atoms with Crippen LogP contribution in [0, 0.1) is 0 Å². The summed E-state index contributed by atoms with van der Waals surface area (Å²) >= 11 is 0.959. The SMILES string of the molecule is NC(=O)c1snc(-c2ccc(NC(=O)OCc3ccccc3)cc2)c1N. The molecule has 5 N–H and O–H groups in total. The van der Waals surface area contributed by atoms with E-state index in [2.05, 4.69) is 9.69 Å². The minimum absolute atomic E-state index is 0.190. The van der Waals surface area contributed by atoms with Crippen LogP contribution >= 0.6 is 11.5 Å². The number of nitrogen functional groups attached to an aromatic ring is 1. The molecule has 0 saturated heterocycles. The summed E-state index contributed by atoms with van der Waals surface area (Å²) in [6.45, 7) is 0.190. The molecule has 0 aliphatic rings. The van der Waals surface area contributed by atoms with Crippen molar-refractivity contribution in [3.63, 3.8) is 0 Å². The van der Waals surface area contributed by atoms with Crippen molar-refractivity contribution in [3.8, 4) is 11.3 Å². The molecule has 0 spiro atoms. The Hall–Kier alpha value is -3.39. The number of primary amides is 1. The molecule has 0 atom stereocenters. The molecule has 132 valence electrons. The van der Waals surface area contributed by atoms with Crippen LogP contribution in [0.3, 0.4) is 0 Å². The normalized spacial score (nSPS) is 10.3. The van der Waals surface area contributed by atoms with Gasteiger partial charge < -0.3 is 16.2 Å². The zero-order chi connectivity index (χ0) is 18.5. The number of hydrogen-bond acceptors (Lipinski definition) is 6. The molecule has 7 nitrogen and oxygen atoms in total. The highest BCUT2D eigenvalue weighted by Gasteiger charge is 2.16. The Morgan fingerprint density at radius 1 is 1.08 bits per heavy atom. The molecule has 0 unspecified atom stereocenters. The third-order valence-corrected chi connectivity index (χ3v) is 4.45. The molecule has 1 heterocycles. The first kappa shape index (κ1) is 17.4. The summed E-state index contributed by atoms with van der Waals surface area (Å²) < 4.78 is 9.33. The molecule has 0 aliphatic heterocycles. The van der Waals surface area contributed by atoms with Gasteiger partial charge in [0.2, 0.25) is 0 Å². The minimum Gasteiger partial charge on any atom is -0.444 e. The predicted octanol–water partition coefficient (Wildman–Crippen LogP) is 3.24. The Labute approximate surface area is 153 Å². The van der Waals surface area contributed by atoms with E-state index < -0.39 is 12.0 Å². The van der Waals surface area contributed by atoms with E-state index in [1.54, 1.807) is 24.3 Å². The number of benzene rings is 2. The maximum absolute atomic E-state index is 11.9. The van der Waals surface area contributed by atoms with Gasteiger partial charge in [0.25, 0.3) is 5.91 Å². The van der Waals surface area contributed by atoms with Gasteiger partial charge in [0.05, 0.1) is 5.69 Å². The molecule has 3 aromatic rings. The van der Waals surface area contributed by atoms with Gasteiger partial charge in [-0.3, -0.25) is 10.1 Å². The van der Waals surface area contributed by atoms with Gasteiger partial charge in [-0.15, -0.1) is 0 Å². The van der Waals surface area contributed by atoms with Crippen molar-refractivity contribution < 1.29 is 14.3 Å². The number of anilines is 2. The quantitative estimate of drug-likeness (QED) is 0.638. The van der Waals surface area contributed by atoms with E-state index in [0.29, 0.717) is 11.4 Å². The second kappa shape index (κ2) is 7.66. The fourth-order valence-corrected chi connectivity index (χ4v) is 2.94. The van der Waals surface area contributed by atoms with E-state index in [1.807, 2.05) is 30.3 Å². The molecular weight excluding hydrogens is 352 g/mol. The molecule has 0 radical (unpaired) electrons. The van der Waals surface area contributed by atoms with Crippen molar-refractivity contribution >= 4 is 34.9 Å². The second-order valence-corrected chi connectivity index (χ2v) is 6.18. The van der Waals surface area contributed by atoms with Gasteiger partial charge in [-0.25, -0.2) is 4.79 Å². The molecule has 0 aliphatic carbocycles. The maximum atomic E-state index is 11.9. The minimum atomic E-state index is -0.606. The first-order valence-corrected chi connectivity index (χ1v) is 8.45. The largest absolute Gasteiger partial charge is 0.444 e. The number of amides is 2. The van der Waals surface area contributed by atoms with E-state index in [9.17, 15) is 9.59 Å². The third kappa shape index (κ3) is 3.98. The van der Waals surface area contributed by atoms with Crippen LogP contribution in [-0.4, -0.2) is 16.4 Å². The molecule has 3 rings (SSSR count). The first-order valence-electron chi connectivity index (χ1n) is 7.67. The average Bonchev–Trinajstić information content (AvgIpc) is 3.03. The molecule has 8 heteroatoms. The number of aromatic nitrogens is 1. The average molecular weight is 368 g/mol. The van der Waals surface area contributed by atoms with Crippen LogP contribution in [0.25, 0.3) is 11.3 Å². The topological polar surface area (TPSA) is 120 Å². The number of rotatable bonds is 5. The zero-order valence-electron chi connectivity index (χ0n) is 13.6.